The van der Waals surface area contributed by atoms with Crippen molar-refractivity contribution in [3.8, 4) is 66.8 Å². The van der Waals surface area contributed by atoms with E-state index in [1.165, 1.54) is 121 Å². The summed E-state index contributed by atoms with van der Waals surface area (Å²) < 4.78 is 2.43. The topological polar surface area (TPSA) is 4.93 Å². The van der Waals surface area contributed by atoms with Crippen LogP contribution in [-0.2, 0) is 6.54 Å². The summed E-state index contributed by atoms with van der Waals surface area (Å²) in [5, 5.41) is 7.72. The average Bonchev–Trinajstić information content (AvgIpc) is 3.64. The maximum atomic E-state index is 2.43. The van der Waals surface area contributed by atoms with Crippen LogP contribution in [0.5, 0.6) is 0 Å². The number of hydrogen-bond donors (Lipinski definition) is 0. The molecule has 0 aliphatic rings. The SMILES string of the molecule is CCn1c2ccc(-c3ccccc3)cc2c2cc(-c3ccc(-c4ccc(-c5c6ccc(C)cc6c(-c6ccc(-c7ccccc7)cc6)c6ccc(C)cc56)cc4)cc3)ccc21. The van der Waals surface area contributed by atoms with Crippen LogP contribution in [0.3, 0.4) is 0 Å². The fraction of sp³-hybridized carbons (Fsp3) is 0.0667. The first-order chi connectivity index (χ1) is 30.0. The highest BCUT2D eigenvalue weighted by molar-refractivity contribution is 6.21. The lowest BCUT2D eigenvalue weighted by Gasteiger charge is -2.19. The molecule has 290 valence electrons. The van der Waals surface area contributed by atoms with Crippen molar-refractivity contribution in [2.24, 2.45) is 0 Å². The van der Waals surface area contributed by atoms with Crippen LogP contribution in [0.15, 0.2) is 206 Å². The first-order valence-corrected chi connectivity index (χ1v) is 21.5. The first kappa shape index (κ1) is 36.6. The maximum Gasteiger partial charge on any atom is 0.0491 e. The van der Waals surface area contributed by atoms with Gasteiger partial charge in [-0.15, -0.1) is 0 Å². The summed E-state index contributed by atoms with van der Waals surface area (Å²) in [5.74, 6) is 0. The van der Waals surface area contributed by atoms with Crippen LogP contribution in [-0.4, -0.2) is 4.57 Å². The van der Waals surface area contributed by atoms with Gasteiger partial charge in [0.25, 0.3) is 0 Å². The zero-order chi connectivity index (χ0) is 41.0. The van der Waals surface area contributed by atoms with E-state index >= 15 is 0 Å². The smallest absolute Gasteiger partial charge is 0.0491 e. The molecule has 10 aromatic carbocycles. The Balaban J connectivity index is 0.952. The summed E-state index contributed by atoms with van der Waals surface area (Å²) in [4.78, 5) is 0. The van der Waals surface area contributed by atoms with Crippen molar-refractivity contribution in [3.63, 3.8) is 0 Å². The van der Waals surface area contributed by atoms with E-state index in [4.69, 9.17) is 0 Å². The molecule has 0 aliphatic carbocycles. The minimum Gasteiger partial charge on any atom is -0.341 e. The molecule has 0 bridgehead atoms. The molecule has 0 aliphatic heterocycles. The number of nitrogens with zero attached hydrogens (tertiary/aromatic N) is 1. The van der Waals surface area contributed by atoms with Crippen molar-refractivity contribution in [3.05, 3.63) is 217 Å². The lowest BCUT2D eigenvalue weighted by molar-refractivity contribution is 0.827. The van der Waals surface area contributed by atoms with Crippen LogP contribution in [0.2, 0.25) is 0 Å². The molecule has 61 heavy (non-hydrogen) atoms. The van der Waals surface area contributed by atoms with Gasteiger partial charge in [0.2, 0.25) is 0 Å². The van der Waals surface area contributed by atoms with Gasteiger partial charge in [-0.3, -0.25) is 0 Å². The van der Waals surface area contributed by atoms with E-state index in [1.54, 1.807) is 0 Å². The van der Waals surface area contributed by atoms with Crippen LogP contribution in [0, 0.1) is 13.8 Å². The fourth-order valence-electron chi connectivity index (χ4n) is 9.66. The van der Waals surface area contributed by atoms with E-state index in [1.807, 2.05) is 0 Å². The highest BCUT2D eigenvalue weighted by atomic mass is 15.0. The van der Waals surface area contributed by atoms with Gasteiger partial charge in [0.15, 0.2) is 0 Å². The van der Waals surface area contributed by atoms with Gasteiger partial charge in [0.1, 0.15) is 0 Å². The van der Waals surface area contributed by atoms with Gasteiger partial charge in [-0.25, -0.2) is 0 Å². The Labute approximate surface area is 357 Å². The molecule has 1 heterocycles. The second-order valence-electron chi connectivity index (χ2n) is 16.5. The lowest BCUT2D eigenvalue weighted by Crippen LogP contribution is -1.93. The molecule has 0 spiro atoms. The van der Waals surface area contributed by atoms with Crippen molar-refractivity contribution in [2.75, 3.05) is 0 Å². The Morgan fingerprint density at radius 1 is 0.279 bits per heavy atom. The van der Waals surface area contributed by atoms with Gasteiger partial charge >= 0.3 is 0 Å². The summed E-state index contributed by atoms with van der Waals surface area (Å²) >= 11 is 0. The third kappa shape index (κ3) is 6.42. The highest BCUT2D eigenvalue weighted by Crippen LogP contribution is 2.45. The van der Waals surface area contributed by atoms with Gasteiger partial charge in [-0.05, 0) is 133 Å². The van der Waals surface area contributed by atoms with Crippen molar-refractivity contribution in [2.45, 2.75) is 27.3 Å². The Hall–Kier alpha value is -7.48. The number of aryl methyl sites for hydroxylation is 3. The summed E-state index contributed by atoms with van der Waals surface area (Å²) in [7, 11) is 0. The predicted octanol–water partition coefficient (Wildman–Crippen LogP) is 16.7. The van der Waals surface area contributed by atoms with Gasteiger partial charge in [0.05, 0.1) is 0 Å². The van der Waals surface area contributed by atoms with E-state index in [0.29, 0.717) is 0 Å². The number of benzene rings is 10. The molecule has 0 atom stereocenters. The number of hydrogen-bond acceptors (Lipinski definition) is 0. The van der Waals surface area contributed by atoms with Crippen molar-refractivity contribution in [1.82, 2.24) is 4.57 Å². The summed E-state index contributed by atoms with van der Waals surface area (Å²) in [6.45, 7) is 7.56. The third-order valence-corrected chi connectivity index (χ3v) is 12.7. The van der Waals surface area contributed by atoms with Gasteiger partial charge < -0.3 is 4.57 Å². The van der Waals surface area contributed by atoms with E-state index in [9.17, 15) is 0 Å². The van der Waals surface area contributed by atoms with Crippen LogP contribution >= 0.6 is 0 Å². The van der Waals surface area contributed by atoms with Gasteiger partial charge in [-0.1, -0.05) is 193 Å². The van der Waals surface area contributed by atoms with E-state index in [-0.39, 0.29) is 0 Å². The van der Waals surface area contributed by atoms with Crippen molar-refractivity contribution >= 4 is 43.4 Å². The van der Waals surface area contributed by atoms with Crippen LogP contribution in [0.1, 0.15) is 18.1 Å². The number of aromatic nitrogens is 1. The normalized spacial score (nSPS) is 11.6. The number of fused-ring (bicyclic) bond motifs is 5. The molecule has 0 amide bonds. The zero-order valence-electron chi connectivity index (χ0n) is 34.8. The molecule has 1 heteroatoms. The Morgan fingerprint density at radius 2 is 0.607 bits per heavy atom. The van der Waals surface area contributed by atoms with Crippen molar-refractivity contribution < 1.29 is 0 Å². The first-order valence-electron chi connectivity index (χ1n) is 21.5. The number of rotatable bonds is 7. The minimum atomic E-state index is 0.929. The van der Waals surface area contributed by atoms with Crippen LogP contribution in [0.4, 0.5) is 0 Å². The second kappa shape index (κ2) is 15.0. The zero-order valence-corrected chi connectivity index (χ0v) is 34.8. The molecule has 0 N–H and O–H groups in total. The average molecular weight is 780 g/mol. The van der Waals surface area contributed by atoms with E-state index in [0.717, 1.165) is 6.54 Å². The summed E-state index contributed by atoms with van der Waals surface area (Å²) in [6.07, 6.45) is 0. The minimum absolute atomic E-state index is 0.929. The largest absolute Gasteiger partial charge is 0.341 e. The molecule has 0 radical (unpaired) electrons. The van der Waals surface area contributed by atoms with E-state index in [2.05, 4.69) is 232 Å². The Bertz CT molecular complexity index is 3410. The molecule has 0 unspecified atom stereocenters. The highest BCUT2D eigenvalue weighted by Gasteiger charge is 2.18. The van der Waals surface area contributed by atoms with Crippen LogP contribution < -0.4 is 0 Å². The quantitative estimate of drug-likeness (QED) is 0.142. The molecule has 0 saturated carbocycles. The summed E-state index contributed by atoms with van der Waals surface area (Å²) in [6, 6.07) is 76.5. The monoisotopic (exact) mass is 779 g/mol. The van der Waals surface area contributed by atoms with Crippen molar-refractivity contribution in [1.29, 1.82) is 0 Å². The van der Waals surface area contributed by atoms with Gasteiger partial charge in [-0.2, -0.15) is 0 Å². The standard InChI is InChI=1S/C60H45N/c1-4-61-57-33-29-49(42-13-9-6-10-14-42)37-53(57)54-38-50(30-34-58(54)61)46-19-17-44(18-20-46)45-23-27-48(28-24-45)60-52-32-16-39(2)35-55(52)59(51-31-15-40(3)36-56(51)60)47-25-21-43(22-26-47)41-11-7-5-8-12-41/h5-38H,4H2,1-3H3. The molecular formula is C60H45N. The Morgan fingerprint density at radius 3 is 1.00 bits per heavy atom. The lowest BCUT2D eigenvalue weighted by atomic mass is 9.84. The predicted molar refractivity (Wildman–Crippen MR) is 262 cm³/mol. The Kier molecular flexibility index (Phi) is 8.98. The molecule has 0 fully saturated rings. The molecular weight excluding hydrogens is 735 g/mol. The maximum absolute atomic E-state index is 2.43. The molecule has 1 aromatic heterocycles. The molecule has 1 nitrogen and oxygen atoms in total. The second-order valence-corrected chi connectivity index (χ2v) is 16.5. The fourth-order valence-corrected chi connectivity index (χ4v) is 9.66. The third-order valence-electron chi connectivity index (χ3n) is 12.7. The molecule has 11 rings (SSSR count). The molecule has 11 aromatic rings. The summed E-state index contributed by atoms with van der Waals surface area (Å²) in [5.41, 5.74) is 19.9. The molecule has 0 saturated heterocycles. The van der Waals surface area contributed by atoms with Gasteiger partial charge in [0, 0.05) is 28.4 Å². The van der Waals surface area contributed by atoms with Crippen LogP contribution in [0.25, 0.3) is 110 Å². The van der Waals surface area contributed by atoms with E-state index < -0.39 is 0 Å².